The molecule has 0 radical (unpaired) electrons. The predicted molar refractivity (Wildman–Crippen MR) is 430 cm³/mol. The van der Waals surface area contributed by atoms with E-state index in [1.807, 2.05) is 66.7 Å². The second-order valence-electron chi connectivity index (χ2n) is 26.9. The molecule has 0 fully saturated rings. The summed E-state index contributed by atoms with van der Waals surface area (Å²) in [7, 11) is -7.37. The molecule has 20 aromatic rings. The lowest BCUT2D eigenvalue weighted by Crippen LogP contribution is -2.02. The van der Waals surface area contributed by atoms with E-state index in [9.17, 15) is 16.8 Å². The largest absolute Gasteiger partial charge is 0.309 e. The number of hydrogen-bond donors (Lipinski definition) is 0. The molecule has 0 saturated heterocycles. The van der Waals surface area contributed by atoms with Crippen LogP contribution in [0, 0.1) is 0 Å². The van der Waals surface area contributed by atoms with E-state index in [1.54, 1.807) is 72.8 Å². The number of sulfone groups is 2. The Morgan fingerprint density at radius 3 is 0.849 bits per heavy atom. The zero-order valence-corrected chi connectivity index (χ0v) is 58.4. The van der Waals surface area contributed by atoms with Gasteiger partial charge < -0.3 is 18.3 Å². The van der Waals surface area contributed by atoms with Crippen LogP contribution in [0.25, 0.3) is 166 Å². The Balaban J connectivity index is 0.638. The molecule has 0 unspecified atom stereocenters. The highest BCUT2D eigenvalue weighted by Crippen LogP contribution is 2.43. The Kier molecular flexibility index (Phi) is 14.5. The topological polar surface area (TPSA) is 114 Å². The summed E-state index contributed by atoms with van der Waals surface area (Å²) in [6, 6.07) is 122. The molecule has 0 atom stereocenters. The van der Waals surface area contributed by atoms with Gasteiger partial charge in [-0.25, -0.2) is 26.8 Å². The molecule has 0 N–H and O–H groups in total. The first-order valence-corrected chi connectivity index (χ1v) is 38.1. The second-order valence-corrected chi connectivity index (χ2v) is 30.8. The van der Waals surface area contributed by atoms with Crippen molar-refractivity contribution in [1.82, 2.24) is 28.2 Å². The van der Waals surface area contributed by atoms with Crippen LogP contribution in [-0.2, 0) is 19.7 Å². The van der Waals surface area contributed by atoms with Crippen molar-refractivity contribution in [3.63, 3.8) is 0 Å². The third-order valence-electron chi connectivity index (χ3n) is 20.8. The first-order valence-electron chi connectivity index (χ1n) is 35.2. The van der Waals surface area contributed by atoms with Crippen LogP contribution < -0.4 is 0 Å². The van der Waals surface area contributed by atoms with E-state index in [4.69, 9.17) is 9.97 Å². The van der Waals surface area contributed by atoms with E-state index in [0.717, 1.165) is 160 Å². The zero-order chi connectivity index (χ0) is 70.8. The molecule has 5 aromatic heterocycles. The summed E-state index contributed by atoms with van der Waals surface area (Å²) in [5.74, 6) is 0.606. The highest BCUT2D eigenvalue weighted by atomic mass is 32.2. The minimum atomic E-state index is -3.68. The first kappa shape index (κ1) is 62.3. The lowest BCUT2D eigenvalue weighted by Gasteiger charge is -2.13. The summed E-state index contributed by atoms with van der Waals surface area (Å²) in [6.45, 7) is 0. The number of nitrogens with zero attached hydrogens (tertiary/aromatic N) is 6. The summed E-state index contributed by atoms with van der Waals surface area (Å²) in [4.78, 5) is 11.9. The van der Waals surface area contributed by atoms with E-state index in [2.05, 4.69) is 243 Å². The number of hydrogen-bond acceptors (Lipinski definition) is 6. The van der Waals surface area contributed by atoms with Crippen LogP contribution in [0.3, 0.4) is 0 Å². The molecule has 10 nitrogen and oxygen atoms in total. The van der Waals surface area contributed by atoms with Gasteiger partial charge in [0.2, 0.25) is 19.7 Å². The number of para-hydroxylation sites is 4. The van der Waals surface area contributed by atoms with Crippen molar-refractivity contribution in [2.45, 2.75) is 19.6 Å². The lowest BCUT2D eigenvalue weighted by atomic mass is 10.0. The Bertz CT molecular complexity index is 6800. The molecule has 0 saturated carbocycles. The molecule has 12 heteroatoms. The fourth-order valence-corrected chi connectivity index (χ4v) is 18.4. The third kappa shape index (κ3) is 10.2. The molecule has 0 aliphatic rings. The Morgan fingerprint density at radius 2 is 0.472 bits per heavy atom. The van der Waals surface area contributed by atoms with Gasteiger partial charge in [0.15, 0.2) is 5.82 Å². The monoisotopic (exact) mass is 1400 g/mol. The lowest BCUT2D eigenvalue weighted by molar-refractivity contribution is 0.594. The molecular weight excluding hydrogens is 1340 g/mol. The smallest absolute Gasteiger partial charge is 0.206 e. The van der Waals surface area contributed by atoms with Crippen LogP contribution in [0.2, 0.25) is 0 Å². The average Bonchev–Trinajstić information content (AvgIpc) is 1.59. The highest BCUT2D eigenvalue weighted by Gasteiger charge is 2.24. The number of fused-ring (bicyclic) bond motifs is 12. The van der Waals surface area contributed by atoms with Gasteiger partial charge in [-0.3, -0.25) is 0 Å². The summed E-state index contributed by atoms with van der Waals surface area (Å²) >= 11 is 0. The van der Waals surface area contributed by atoms with Crippen LogP contribution >= 0.6 is 0 Å². The SMILES string of the molecule is O=S(=O)(c1ccccc1)c1ccc(-n2c3ccccc3c3cc(-c4ccc5c(c4)c4ccccc4n5-c4cccc(-c5cc(-c6ccccc6)nc(-c6cccc(-n7c8ccccc8c8cc(-c9ccc%10c(c9)c9ccccc9n%10-c9ccc(S(=O)(=O)c%10ccccc%10)cc9)ccc87)c6)n5)c4)ccc32)cc1. The number of benzene rings is 15. The normalized spacial score (nSPS) is 12.1. The van der Waals surface area contributed by atoms with Gasteiger partial charge in [0.1, 0.15) is 0 Å². The van der Waals surface area contributed by atoms with Crippen molar-refractivity contribution in [3.05, 3.63) is 364 Å². The van der Waals surface area contributed by atoms with E-state index in [1.165, 1.54) is 0 Å². The van der Waals surface area contributed by atoms with E-state index < -0.39 is 19.7 Å². The van der Waals surface area contributed by atoms with E-state index in [0.29, 0.717) is 5.82 Å². The fraction of sp³-hybridized carbons (Fsp3) is 0. The minimum Gasteiger partial charge on any atom is -0.309 e. The van der Waals surface area contributed by atoms with E-state index >= 15 is 0 Å². The maximum absolute atomic E-state index is 13.6. The molecule has 0 aliphatic heterocycles. The Hall–Kier alpha value is -13.5. The molecule has 0 aliphatic carbocycles. The van der Waals surface area contributed by atoms with Crippen molar-refractivity contribution >= 4 is 107 Å². The van der Waals surface area contributed by atoms with Crippen molar-refractivity contribution in [3.8, 4) is 78.9 Å². The summed E-state index contributed by atoms with van der Waals surface area (Å²) < 4.78 is 63.5. The highest BCUT2D eigenvalue weighted by molar-refractivity contribution is 7.91. The molecule has 0 amide bonds. The van der Waals surface area contributed by atoms with Crippen molar-refractivity contribution in [2.24, 2.45) is 0 Å². The first-order chi connectivity index (χ1) is 52.1. The van der Waals surface area contributed by atoms with Crippen LogP contribution in [0.5, 0.6) is 0 Å². The van der Waals surface area contributed by atoms with Crippen molar-refractivity contribution in [2.75, 3.05) is 0 Å². The number of aromatic nitrogens is 6. The maximum atomic E-state index is 13.6. The standard InChI is InChI=1S/C94H60N6O4S2/c101-105(102,72-26-6-2-7-27-72)74-46-42-68(43-47-74)97-86-34-14-10-30-76(86)80-56-62(38-50-90(80)97)64-40-52-92-82(58-64)78-32-12-16-36-88(78)99(92)70-24-18-22-66(54-70)85-60-84(61-20-4-1-5-21-61)95-94(96-85)67-23-19-25-71(55-67)100-89-37-17-13-33-79(89)83-59-65(41-53-93(83)100)63-39-51-91-81(57-63)77-31-11-15-35-87(77)98(91)69-44-48-75(49-45-69)106(103,104)73-28-8-3-9-29-73/h1-60H. The van der Waals surface area contributed by atoms with Crippen molar-refractivity contribution < 1.29 is 16.8 Å². The maximum Gasteiger partial charge on any atom is 0.206 e. The molecule has 502 valence electrons. The zero-order valence-electron chi connectivity index (χ0n) is 56.8. The fourth-order valence-electron chi connectivity index (χ4n) is 15.8. The van der Waals surface area contributed by atoms with Gasteiger partial charge in [-0.2, -0.15) is 0 Å². The summed E-state index contributed by atoms with van der Waals surface area (Å²) in [5.41, 5.74) is 20.9. The van der Waals surface area contributed by atoms with Gasteiger partial charge in [0.05, 0.1) is 75.1 Å². The second kappa shape index (κ2) is 24.6. The molecular formula is C94H60N6O4S2. The summed E-state index contributed by atoms with van der Waals surface area (Å²) in [6.07, 6.45) is 0. The van der Waals surface area contributed by atoms with Crippen LogP contribution in [-0.4, -0.2) is 45.1 Å². The quantitative estimate of drug-likeness (QED) is 0.114. The Labute approximate surface area is 610 Å². The molecule has 20 rings (SSSR count). The molecule has 0 spiro atoms. The Morgan fingerprint density at radius 1 is 0.189 bits per heavy atom. The van der Waals surface area contributed by atoms with Gasteiger partial charge >= 0.3 is 0 Å². The predicted octanol–water partition coefficient (Wildman–Crippen LogP) is 22.9. The van der Waals surface area contributed by atoms with Crippen molar-refractivity contribution in [1.29, 1.82) is 0 Å². The van der Waals surface area contributed by atoms with Gasteiger partial charge in [-0.15, -0.1) is 0 Å². The van der Waals surface area contributed by atoms with Gasteiger partial charge in [-0.05, 0) is 198 Å². The molecule has 0 bridgehead atoms. The average molecular weight is 1400 g/mol. The van der Waals surface area contributed by atoms with Crippen LogP contribution in [0.1, 0.15) is 0 Å². The molecule has 106 heavy (non-hydrogen) atoms. The summed E-state index contributed by atoms with van der Waals surface area (Å²) in [5, 5.41) is 8.93. The van der Waals surface area contributed by atoms with Crippen LogP contribution in [0.15, 0.2) is 384 Å². The van der Waals surface area contributed by atoms with Gasteiger partial charge in [0, 0.05) is 82.5 Å². The number of rotatable bonds is 13. The molecule has 15 aromatic carbocycles. The minimum absolute atomic E-state index is 0.250. The van der Waals surface area contributed by atoms with Gasteiger partial charge in [0.25, 0.3) is 0 Å². The van der Waals surface area contributed by atoms with E-state index in [-0.39, 0.29) is 19.6 Å². The van der Waals surface area contributed by atoms with Gasteiger partial charge in [-0.1, -0.05) is 188 Å². The third-order valence-corrected chi connectivity index (χ3v) is 24.4. The van der Waals surface area contributed by atoms with Crippen LogP contribution in [0.4, 0.5) is 0 Å². The molecule has 5 heterocycles.